The Balaban J connectivity index is 1.30. The van der Waals surface area contributed by atoms with Gasteiger partial charge in [-0.3, -0.25) is 0 Å². The van der Waals surface area contributed by atoms with Gasteiger partial charge in [0.1, 0.15) is 35.3 Å². The number of aromatic nitrogens is 2. The van der Waals surface area contributed by atoms with Crippen molar-refractivity contribution in [2.75, 3.05) is 13.2 Å². The molecule has 0 spiro atoms. The molecule has 0 saturated carbocycles. The molecule has 1 aromatic heterocycles. The normalized spacial score (nSPS) is 14.5. The lowest BCUT2D eigenvalue weighted by molar-refractivity contribution is -0.0589. The fraction of sp³-hybridized carbons (Fsp3) is 0.235. The largest absolute Gasteiger partial charge is 0.489 e. The quantitative estimate of drug-likeness (QED) is 0.161. The Morgan fingerprint density at radius 3 is 2.53 bits per heavy atom. The summed E-state index contributed by atoms with van der Waals surface area (Å²) in [6.07, 6.45) is 0.565. The first-order chi connectivity index (χ1) is 20.9. The van der Waals surface area contributed by atoms with Gasteiger partial charge in [-0.15, -0.1) is 0 Å². The second kappa shape index (κ2) is 12.3. The molecule has 0 aliphatic carbocycles. The van der Waals surface area contributed by atoms with Gasteiger partial charge in [-0.05, 0) is 66.4 Å². The highest BCUT2D eigenvalue weighted by Crippen LogP contribution is 2.31. The predicted molar refractivity (Wildman–Crippen MR) is 155 cm³/mol. The van der Waals surface area contributed by atoms with Crippen LogP contribution in [0.3, 0.4) is 0 Å². The van der Waals surface area contributed by atoms with E-state index in [-0.39, 0.29) is 41.3 Å². The zero-order valence-electron chi connectivity index (χ0n) is 23.5. The van der Waals surface area contributed by atoms with Gasteiger partial charge in [-0.25, -0.2) is 22.9 Å². The van der Waals surface area contributed by atoms with Gasteiger partial charge in [0.25, 0.3) is 0 Å². The van der Waals surface area contributed by atoms with Gasteiger partial charge in [-0.1, -0.05) is 42.5 Å². The Labute approximate surface area is 246 Å². The minimum absolute atomic E-state index is 0.0344. The predicted octanol–water partition coefficient (Wildman–Crippen LogP) is 7.26. The van der Waals surface area contributed by atoms with E-state index in [2.05, 4.69) is 4.98 Å². The zero-order valence-corrected chi connectivity index (χ0v) is 23.5. The van der Waals surface area contributed by atoms with E-state index in [4.69, 9.17) is 14.2 Å². The highest BCUT2D eigenvalue weighted by molar-refractivity contribution is 5.94. The molecule has 220 valence electrons. The molecule has 6 nitrogen and oxygen atoms in total. The number of fused-ring (bicyclic) bond motifs is 1. The van der Waals surface area contributed by atoms with E-state index in [1.807, 2.05) is 30.3 Å². The van der Waals surface area contributed by atoms with Crippen LogP contribution in [0.25, 0.3) is 22.2 Å². The average molecular weight is 587 g/mol. The Hall–Kier alpha value is -4.63. The van der Waals surface area contributed by atoms with Crippen LogP contribution in [0.2, 0.25) is 0 Å². The molecule has 43 heavy (non-hydrogen) atoms. The van der Waals surface area contributed by atoms with Crippen LogP contribution >= 0.6 is 0 Å². The van der Waals surface area contributed by atoms with Crippen molar-refractivity contribution in [2.45, 2.75) is 39.0 Å². The lowest BCUT2D eigenvalue weighted by atomic mass is 10.0. The Morgan fingerprint density at radius 1 is 0.977 bits per heavy atom. The van der Waals surface area contributed by atoms with Gasteiger partial charge < -0.3 is 18.8 Å². The lowest BCUT2D eigenvalue weighted by Crippen LogP contribution is -2.31. The second-order valence-electron chi connectivity index (χ2n) is 10.4. The highest BCUT2D eigenvalue weighted by Gasteiger charge is 2.25. The van der Waals surface area contributed by atoms with Gasteiger partial charge in [-0.2, -0.15) is 0 Å². The number of nitrogens with zero attached hydrogens (tertiary/aromatic N) is 2. The first kappa shape index (κ1) is 28.5. The maximum absolute atomic E-state index is 15.5. The van der Waals surface area contributed by atoms with Crippen LogP contribution in [-0.2, 0) is 29.0 Å². The summed E-state index contributed by atoms with van der Waals surface area (Å²) >= 11 is 0. The van der Waals surface area contributed by atoms with E-state index in [1.54, 1.807) is 35.8 Å². The number of hydrogen-bond donors (Lipinski definition) is 0. The van der Waals surface area contributed by atoms with Crippen molar-refractivity contribution in [2.24, 2.45) is 0 Å². The fourth-order valence-electron chi connectivity index (χ4n) is 5.14. The summed E-state index contributed by atoms with van der Waals surface area (Å²) in [7, 11) is 0. The molecule has 0 bridgehead atoms. The van der Waals surface area contributed by atoms with Crippen molar-refractivity contribution in [3.63, 3.8) is 0 Å². The van der Waals surface area contributed by atoms with Crippen molar-refractivity contribution >= 4 is 17.0 Å². The molecule has 1 saturated heterocycles. The maximum Gasteiger partial charge on any atom is 0.338 e. The maximum atomic E-state index is 15.5. The van der Waals surface area contributed by atoms with E-state index >= 15 is 13.2 Å². The molecule has 2 heterocycles. The molecular formula is C34H29F3N2O4. The van der Waals surface area contributed by atoms with Crippen molar-refractivity contribution in [3.05, 3.63) is 119 Å². The number of hydrogen-bond acceptors (Lipinski definition) is 5. The van der Waals surface area contributed by atoms with Gasteiger partial charge in [0.15, 0.2) is 5.82 Å². The van der Waals surface area contributed by atoms with Gasteiger partial charge >= 0.3 is 5.97 Å². The molecule has 6 rings (SSSR count). The van der Waals surface area contributed by atoms with Gasteiger partial charge in [0.05, 0.1) is 30.3 Å². The zero-order chi connectivity index (χ0) is 29.9. The topological polar surface area (TPSA) is 62.6 Å². The molecular weight excluding hydrogens is 557 g/mol. The summed E-state index contributed by atoms with van der Waals surface area (Å²) in [5.74, 6) is -1.74. The molecule has 1 unspecified atom stereocenters. The Morgan fingerprint density at radius 2 is 1.79 bits per heavy atom. The smallest absolute Gasteiger partial charge is 0.338 e. The molecule has 5 aromatic rings. The summed E-state index contributed by atoms with van der Waals surface area (Å²) in [5, 5.41) is 0. The van der Waals surface area contributed by atoms with Crippen LogP contribution in [-0.4, -0.2) is 34.8 Å². The number of benzene rings is 4. The van der Waals surface area contributed by atoms with E-state index in [0.717, 1.165) is 30.2 Å². The summed E-state index contributed by atoms with van der Waals surface area (Å²) in [6.45, 7) is 3.09. The second-order valence-corrected chi connectivity index (χ2v) is 10.4. The van der Waals surface area contributed by atoms with E-state index in [9.17, 15) is 4.79 Å². The molecule has 0 N–H and O–H groups in total. The van der Waals surface area contributed by atoms with Crippen LogP contribution in [0.15, 0.2) is 78.9 Å². The van der Waals surface area contributed by atoms with Crippen LogP contribution in [0, 0.1) is 17.5 Å². The molecule has 1 aliphatic rings. The summed E-state index contributed by atoms with van der Waals surface area (Å²) in [5.41, 5.74) is 2.05. The molecule has 9 heteroatoms. The molecule has 1 atom stereocenters. The molecule has 1 fully saturated rings. The van der Waals surface area contributed by atoms with Crippen LogP contribution in [0.4, 0.5) is 13.2 Å². The summed E-state index contributed by atoms with van der Waals surface area (Å²) < 4.78 is 64.4. The SMILES string of the molecule is CCOC(=O)c1cc(F)c2nc(Cc3cc(F)c(-c4cccc(OCc5ccccc5)c4)cc3F)n(CC3CCO3)c2c1. The number of rotatable bonds is 10. The number of esters is 1. The first-order valence-corrected chi connectivity index (χ1v) is 14.1. The highest BCUT2D eigenvalue weighted by atomic mass is 19.1. The van der Waals surface area contributed by atoms with E-state index in [1.165, 1.54) is 6.07 Å². The molecule has 1 aliphatic heterocycles. The molecule has 4 aromatic carbocycles. The van der Waals surface area contributed by atoms with Crippen LogP contribution in [0.5, 0.6) is 5.75 Å². The van der Waals surface area contributed by atoms with Crippen molar-refractivity contribution < 1.29 is 32.2 Å². The van der Waals surface area contributed by atoms with E-state index < -0.39 is 23.4 Å². The summed E-state index contributed by atoms with van der Waals surface area (Å²) in [6, 6.07) is 21.4. The van der Waals surface area contributed by atoms with Crippen molar-refractivity contribution in [1.82, 2.24) is 9.55 Å². The number of ether oxygens (including phenoxy) is 3. The monoisotopic (exact) mass is 586 g/mol. The standard InChI is InChI=1S/C34H29F3N2O4/c1-2-41-34(40)24-15-30(37)33-31(16-24)39(19-26-11-12-42-26)32(38-33)17-23-14-29(36)27(18-28(23)35)22-9-6-10-25(13-22)43-20-21-7-4-3-5-8-21/h3-10,13-16,18,26H,2,11-12,17,19-20H2,1H3. The molecule has 0 amide bonds. The van der Waals surface area contributed by atoms with Gasteiger partial charge in [0.2, 0.25) is 0 Å². The third kappa shape index (κ3) is 6.12. The number of halogens is 3. The average Bonchev–Trinajstić information content (AvgIpc) is 3.33. The Kier molecular flexibility index (Phi) is 8.16. The van der Waals surface area contributed by atoms with E-state index in [0.29, 0.717) is 42.4 Å². The fourth-order valence-corrected chi connectivity index (χ4v) is 5.14. The molecule has 0 radical (unpaired) electrons. The van der Waals surface area contributed by atoms with Crippen molar-refractivity contribution in [3.8, 4) is 16.9 Å². The minimum atomic E-state index is -0.702. The summed E-state index contributed by atoms with van der Waals surface area (Å²) in [4.78, 5) is 16.8. The Bertz CT molecular complexity index is 1780. The van der Waals surface area contributed by atoms with Crippen molar-refractivity contribution in [1.29, 1.82) is 0 Å². The lowest BCUT2D eigenvalue weighted by Gasteiger charge is -2.27. The number of carbonyl (C=O) groups excluding carboxylic acids is 1. The van der Waals surface area contributed by atoms with Crippen LogP contribution in [0.1, 0.15) is 40.7 Å². The van der Waals surface area contributed by atoms with Gasteiger partial charge in [0, 0.05) is 18.6 Å². The number of imidazole rings is 1. The third-order valence-electron chi connectivity index (χ3n) is 7.46. The number of carbonyl (C=O) groups is 1. The van der Waals surface area contributed by atoms with Crippen LogP contribution < -0.4 is 4.74 Å². The third-order valence-corrected chi connectivity index (χ3v) is 7.46. The minimum Gasteiger partial charge on any atom is -0.489 e. The first-order valence-electron chi connectivity index (χ1n) is 14.1.